The van der Waals surface area contributed by atoms with Crippen LogP contribution < -0.4 is 9.38 Å². The second kappa shape index (κ2) is 7.76. The van der Waals surface area contributed by atoms with Crippen molar-refractivity contribution >= 4 is 22.8 Å². The van der Waals surface area contributed by atoms with Gasteiger partial charge in [-0.2, -0.15) is 0 Å². The summed E-state index contributed by atoms with van der Waals surface area (Å²) in [7, 11) is 0. The minimum Gasteiger partial charge on any atom is -0.256 e. The summed E-state index contributed by atoms with van der Waals surface area (Å²) in [6.07, 6.45) is 5.21. The third-order valence-electron chi connectivity index (χ3n) is 12.2. The van der Waals surface area contributed by atoms with E-state index in [9.17, 15) is 0 Å². The van der Waals surface area contributed by atoms with Crippen LogP contribution in [-0.4, -0.2) is 15.4 Å². The van der Waals surface area contributed by atoms with Crippen molar-refractivity contribution in [2.75, 3.05) is 0 Å². The summed E-state index contributed by atoms with van der Waals surface area (Å²) in [5, 5.41) is 0. The summed E-state index contributed by atoms with van der Waals surface area (Å²) in [5.41, 5.74) is 22.1. The molecule has 2 spiro atoms. The van der Waals surface area contributed by atoms with Crippen LogP contribution in [-0.2, 0) is 11.8 Å². The lowest BCUT2D eigenvalue weighted by Gasteiger charge is -2.39. The van der Waals surface area contributed by atoms with E-state index in [1.165, 1.54) is 89.7 Å². The molecule has 7 aromatic rings. The van der Waals surface area contributed by atoms with Gasteiger partial charge in [-0.3, -0.25) is 4.98 Å². The van der Waals surface area contributed by atoms with Crippen LogP contribution >= 0.6 is 0 Å². The molecule has 0 N–H and O–H groups in total. The first-order valence-corrected chi connectivity index (χ1v) is 17.0. The monoisotopic (exact) mass is 611 g/mol. The number of rotatable bonds is 0. The molecule has 6 aliphatic rings. The minimum absolute atomic E-state index is 0.220. The van der Waals surface area contributed by atoms with E-state index in [-0.39, 0.29) is 5.92 Å². The molecule has 2 atom stereocenters. The van der Waals surface area contributed by atoms with Crippen LogP contribution in [0.15, 0.2) is 146 Å². The third kappa shape index (κ3) is 2.27. The maximum atomic E-state index is 5.13. The van der Waals surface area contributed by atoms with Gasteiger partial charge in [0.2, 0.25) is 6.20 Å². The highest BCUT2D eigenvalue weighted by atomic mass is 15.9. The van der Waals surface area contributed by atoms with Gasteiger partial charge in [0.15, 0.2) is 4.70 Å². The van der Waals surface area contributed by atoms with Crippen LogP contribution in [0.3, 0.4) is 0 Å². The van der Waals surface area contributed by atoms with Gasteiger partial charge in [-0.25, -0.2) is 0 Å². The first kappa shape index (κ1) is 24.2. The molecular formula is C44H27N4+3. The van der Waals surface area contributed by atoms with Gasteiger partial charge >= 0.3 is 0 Å². The van der Waals surface area contributed by atoms with Gasteiger partial charge in [0.25, 0.3) is 28.5 Å². The first-order chi connectivity index (χ1) is 23.8. The molecule has 0 radical (unpaired) electrons. The largest absolute Gasteiger partial charge is 0.286 e. The molecule has 0 bridgehead atoms. The van der Waals surface area contributed by atoms with E-state index in [1.54, 1.807) is 0 Å². The van der Waals surface area contributed by atoms with Crippen molar-refractivity contribution in [2.24, 2.45) is 0 Å². The molecule has 0 saturated carbocycles. The standard InChI is InChI=1S/C44H27N4/c1-4-16-33-27(12-1)28-13-2-5-17-34(28)44(33)35-18-9-15-30-37-19-7-8-24-46(37)48(42(30)35)43-36(44)22-21-31-39(43)41-32(25-26-11-10-23-45-40(26)31)29-14-3-6-20-38(29)47(41)48/h1-24,32H,25H2/q+3. The molecule has 5 aromatic carbocycles. The number of quaternary nitrogens is 1. The average Bonchev–Trinajstić information content (AvgIpc) is 3.80. The van der Waals surface area contributed by atoms with Gasteiger partial charge in [0.05, 0.1) is 26.4 Å². The molecule has 48 heavy (non-hydrogen) atoms. The molecule has 0 saturated heterocycles. The number of nitrogens with zero attached hydrogens (tertiary/aromatic N) is 4. The SMILES string of the molecule is c1cnc2c(c1)CC1C3=[N+](c4ccccc41)[N+]14c5c(cccc5C5(c6ccccc6-c6ccccc65)c5ccc-2c3c51)-c1cccc[n+]14. The fourth-order valence-corrected chi connectivity index (χ4v) is 10.8. The molecule has 4 aliphatic heterocycles. The summed E-state index contributed by atoms with van der Waals surface area (Å²) >= 11 is 0. The van der Waals surface area contributed by atoms with E-state index in [2.05, 4.69) is 149 Å². The maximum absolute atomic E-state index is 5.13. The Morgan fingerprint density at radius 1 is 0.604 bits per heavy atom. The highest BCUT2D eigenvalue weighted by Crippen LogP contribution is 2.70. The smallest absolute Gasteiger partial charge is 0.256 e. The molecule has 6 heterocycles. The van der Waals surface area contributed by atoms with Crippen LogP contribution in [0.1, 0.15) is 44.9 Å². The van der Waals surface area contributed by atoms with E-state index in [0.29, 0.717) is 4.70 Å². The van der Waals surface area contributed by atoms with Gasteiger partial charge in [0, 0.05) is 46.6 Å². The summed E-state index contributed by atoms with van der Waals surface area (Å²) in [6, 6.07) is 50.5. The van der Waals surface area contributed by atoms with Crippen molar-refractivity contribution in [2.45, 2.75) is 17.8 Å². The zero-order valence-electron chi connectivity index (χ0n) is 25.9. The van der Waals surface area contributed by atoms with Crippen LogP contribution in [0.5, 0.6) is 0 Å². The lowest BCUT2D eigenvalue weighted by atomic mass is 9.63. The fraction of sp³-hybridized carbons (Fsp3) is 0.0682. The Balaban J connectivity index is 1.33. The number of hydrogen-bond acceptors (Lipinski definition) is 1. The number of pyridine rings is 2. The maximum Gasteiger partial charge on any atom is 0.286 e. The van der Waals surface area contributed by atoms with E-state index in [1.807, 2.05) is 6.20 Å². The Bertz CT molecular complexity index is 2690. The molecule has 2 aliphatic carbocycles. The minimum atomic E-state index is -0.470. The van der Waals surface area contributed by atoms with Crippen molar-refractivity contribution in [3.8, 4) is 33.6 Å². The summed E-state index contributed by atoms with van der Waals surface area (Å²) in [5.74, 6) is 0.220. The van der Waals surface area contributed by atoms with Crippen LogP contribution in [0.4, 0.5) is 17.1 Å². The molecule has 2 unspecified atom stereocenters. The van der Waals surface area contributed by atoms with Crippen molar-refractivity contribution in [1.29, 1.82) is 0 Å². The summed E-state index contributed by atoms with van der Waals surface area (Å²) in [4.78, 5) is 5.13. The normalized spacial score (nSPS) is 20.8. The summed E-state index contributed by atoms with van der Waals surface area (Å²) in [6.45, 7) is 0. The molecule has 13 rings (SSSR count). The average molecular weight is 612 g/mol. The zero-order chi connectivity index (χ0) is 30.9. The van der Waals surface area contributed by atoms with E-state index in [4.69, 9.17) is 4.98 Å². The van der Waals surface area contributed by atoms with E-state index < -0.39 is 5.41 Å². The number of benzene rings is 5. The lowest BCUT2D eigenvalue weighted by molar-refractivity contribution is -0.944. The topological polar surface area (TPSA) is 19.8 Å². The first-order valence-electron chi connectivity index (χ1n) is 17.0. The highest BCUT2D eigenvalue weighted by molar-refractivity contribution is 6.18. The third-order valence-corrected chi connectivity index (χ3v) is 12.2. The van der Waals surface area contributed by atoms with Gasteiger partial charge in [-0.1, -0.05) is 97.1 Å². The Labute approximate surface area is 277 Å². The van der Waals surface area contributed by atoms with Crippen LogP contribution in [0, 0.1) is 0 Å². The van der Waals surface area contributed by atoms with Gasteiger partial charge < -0.3 is 0 Å². The second-order valence-corrected chi connectivity index (χ2v) is 14.0. The zero-order valence-corrected chi connectivity index (χ0v) is 25.9. The Hall–Kier alpha value is -5.97. The highest BCUT2D eigenvalue weighted by Gasteiger charge is 2.79. The van der Waals surface area contributed by atoms with Crippen molar-refractivity contribution in [1.82, 2.24) is 9.69 Å². The molecule has 2 aromatic heterocycles. The summed E-state index contributed by atoms with van der Waals surface area (Å²) < 4.78 is 5.76. The fourth-order valence-electron chi connectivity index (χ4n) is 10.8. The van der Waals surface area contributed by atoms with Crippen LogP contribution in [0.2, 0.25) is 0 Å². The molecule has 4 nitrogen and oxygen atoms in total. The van der Waals surface area contributed by atoms with Crippen molar-refractivity contribution in [3.63, 3.8) is 0 Å². The van der Waals surface area contributed by atoms with Gasteiger partial charge in [-0.15, -0.1) is 0 Å². The van der Waals surface area contributed by atoms with Crippen molar-refractivity contribution in [3.05, 3.63) is 185 Å². The Morgan fingerprint density at radius 3 is 2.21 bits per heavy atom. The molecule has 0 amide bonds. The number of fused-ring (bicyclic) bond motifs is 14. The number of para-hydroxylation sites is 2. The Morgan fingerprint density at radius 2 is 1.33 bits per heavy atom. The second-order valence-electron chi connectivity index (χ2n) is 14.0. The number of aromatic nitrogens is 2. The molecule has 0 fully saturated rings. The predicted octanol–water partition coefficient (Wildman–Crippen LogP) is 8.51. The number of hydrogen-bond donors (Lipinski definition) is 0. The van der Waals surface area contributed by atoms with Gasteiger partial charge in [0.1, 0.15) is 11.1 Å². The van der Waals surface area contributed by atoms with Gasteiger partial charge in [-0.05, 0) is 52.4 Å². The van der Waals surface area contributed by atoms with E-state index in [0.717, 1.165) is 12.1 Å². The predicted molar refractivity (Wildman–Crippen MR) is 186 cm³/mol. The van der Waals surface area contributed by atoms with Crippen molar-refractivity contribution < 1.29 is 9.36 Å². The van der Waals surface area contributed by atoms with Crippen LogP contribution in [0.25, 0.3) is 33.6 Å². The molecule has 4 heteroatoms. The molecule has 220 valence electrons. The van der Waals surface area contributed by atoms with E-state index >= 15 is 0 Å². The lowest BCUT2D eigenvalue weighted by Crippen LogP contribution is -2.71. The Kier molecular flexibility index (Phi) is 3.92. The quantitative estimate of drug-likeness (QED) is 0.124. The molecular weight excluding hydrogens is 585 g/mol.